The smallest absolute Gasteiger partial charge is 0.295 e. The number of hydrogen-bond acceptors (Lipinski definition) is 6. The number of hydrogen-bond donors (Lipinski definition) is 1. The van der Waals surface area contributed by atoms with E-state index in [0.29, 0.717) is 35.0 Å². The lowest BCUT2D eigenvalue weighted by molar-refractivity contribution is -0.140. The van der Waals surface area contributed by atoms with E-state index in [4.69, 9.17) is 14.2 Å². The van der Waals surface area contributed by atoms with Crippen LogP contribution in [0.5, 0.6) is 17.2 Å². The molecule has 1 heterocycles. The van der Waals surface area contributed by atoms with Crippen molar-refractivity contribution in [2.24, 2.45) is 0 Å². The molecule has 7 heteroatoms. The molecule has 0 saturated carbocycles. The molecular formula is C31H33NO6. The number of ether oxygens (including phenoxy) is 3. The second kappa shape index (κ2) is 11.4. The molecule has 3 aromatic carbocycles. The van der Waals surface area contributed by atoms with Crippen molar-refractivity contribution >= 4 is 17.4 Å². The van der Waals surface area contributed by atoms with Crippen LogP contribution in [0.3, 0.4) is 0 Å². The molecule has 1 aliphatic heterocycles. The molecule has 1 fully saturated rings. The lowest BCUT2D eigenvalue weighted by atomic mass is 9.94. The van der Waals surface area contributed by atoms with Crippen LogP contribution in [-0.2, 0) is 16.1 Å². The van der Waals surface area contributed by atoms with Gasteiger partial charge in [-0.1, -0.05) is 24.3 Å². The van der Waals surface area contributed by atoms with Gasteiger partial charge in [-0.25, -0.2) is 0 Å². The average Bonchev–Trinajstić information content (AvgIpc) is 3.15. The number of nitrogens with zero attached hydrogens (tertiary/aromatic N) is 1. The Morgan fingerprint density at radius 3 is 2.37 bits per heavy atom. The highest BCUT2D eigenvalue weighted by Gasteiger charge is 2.46. The maximum absolute atomic E-state index is 13.4. The molecule has 1 N–H and O–H groups in total. The van der Waals surface area contributed by atoms with Crippen LogP contribution < -0.4 is 14.2 Å². The second-order valence-corrected chi connectivity index (χ2v) is 9.43. The minimum Gasteiger partial charge on any atom is -0.507 e. The van der Waals surface area contributed by atoms with Gasteiger partial charge in [0, 0.05) is 12.1 Å². The van der Waals surface area contributed by atoms with E-state index in [-0.39, 0.29) is 24.0 Å². The molecule has 198 valence electrons. The third kappa shape index (κ3) is 5.52. The van der Waals surface area contributed by atoms with Gasteiger partial charge in [0.25, 0.3) is 11.7 Å². The molecule has 1 amide bonds. The van der Waals surface area contributed by atoms with Crippen LogP contribution in [0.4, 0.5) is 0 Å². The van der Waals surface area contributed by atoms with Crippen LogP contribution in [0.2, 0.25) is 0 Å². The number of aliphatic hydroxyl groups is 1. The van der Waals surface area contributed by atoms with E-state index in [1.54, 1.807) is 43.5 Å². The number of ketones is 1. The molecule has 1 atom stereocenters. The van der Waals surface area contributed by atoms with E-state index in [1.807, 2.05) is 58.0 Å². The first-order valence-electron chi connectivity index (χ1n) is 12.6. The van der Waals surface area contributed by atoms with E-state index in [1.165, 1.54) is 4.90 Å². The monoisotopic (exact) mass is 515 g/mol. The molecule has 0 aromatic heterocycles. The summed E-state index contributed by atoms with van der Waals surface area (Å²) in [5, 5.41) is 11.5. The molecule has 4 rings (SSSR count). The number of aliphatic hydroxyl groups excluding tert-OH is 1. The summed E-state index contributed by atoms with van der Waals surface area (Å²) in [5.41, 5.74) is 2.78. The Balaban J connectivity index is 1.82. The van der Waals surface area contributed by atoms with Gasteiger partial charge in [-0.05, 0) is 86.8 Å². The van der Waals surface area contributed by atoms with Crippen molar-refractivity contribution < 1.29 is 28.9 Å². The van der Waals surface area contributed by atoms with Gasteiger partial charge in [-0.15, -0.1) is 0 Å². The number of methoxy groups -OCH3 is 1. The van der Waals surface area contributed by atoms with Crippen LogP contribution in [0.1, 0.15) is 49.1 Å². The predicted molar refractivity (Wildman–Crippen MR) is 145 cm³/mol. The number of aryl methyl sites for hydroxylation is 1. The van der Waals surface area contributed by atoms with Crippen molar-refractivity contribution in [3.8, 4) is 17.2 Å². The summed E-state index contributed by atoms with van der Waals surface area (Å²) in [6, 6.07) is 19.0. The zero-order valence-electron chi connectivity index (χ0n) is 22.4. The largest absolute Gasteiger partial charge is 0.507 e. The highest BCUT2D eigenvalue weighted by atomic mass is 16.5. The first-order chi connectivity index (χ1) is 18.2. The second-order valence-electron chi connectivity index (χ2n) is 9.43. The predicted octanol–water partition coefficient (Wildman–Crippen LogP) is 5.81. The van der Waals surface area contributed by atoms with Gasteiger partial charge in [0.2, 0.25) is 0 Å². The molecule has 0 aliphatic carbocycles. The number of carbonyl (C=O) groups is 2. The Kier molecular flexibility index (Phi) is 8.05. The zero-order chi connectivity index (χ0) is 27.4. The van der Waals surface area contributed by atoms with Gasteiger partial charge in [-0.2, -0.15) is 0 Å². The molecule has 1 aliphatic rings. The van der Waals surface area contributed by atoms with Crippen molar-refractivity contribution in [1.82, 2.24) is 4.90 Å². The first-order valence-corrected chi connectivity index (χ1v) is 12.6. The van der Waals surface area contributed by atoms with Crippen LogP contribution in [0.15, 0.2) is 72.3 Å². The highest BCUT2D eigenvalue weighted by molar-refractivity contribution is 6.46. The normalized spacial score (nSPS) is 16.7. The Morgan fingerprint density at radius 1 is 1.00 bits per heavy atom. The molecule has 0 radical (unpaired) electrons. The van der Waals surface area contributed by atoms with Gasteiger partial charge in [0.15, 0.2) is 0 Å². The van der Waals surface area contributed by atoms with Crippen LogP contribution >= 0.6 is 0 Å². The minimum atomic E-state index is -0.801. The highest BCUT2D eigenvalue weighted by Crippen LogP contribution is 2.41. The van der Waals surface area contributed by atoms with Crippen LogP contribution in [0, 0.1) is 6.92 Å². The third-order valence-electron chi connectivity index (χ3n) is 6.35. The summed E-state index contributed by atoms with van der Waals surface area (Å²) < 4.78 is 16.7. The Hall–Kier alpha value is -4.26. The van der Waals surface area contributed by atoms with Gasteiger partial charge < -0.3 is 24.2 Å². The molecule has 7 nitrogen and oxygen atoms in total. The van der Waals surface area contributed by atoms with Crippen molar-refractivity contribution in [3.05, 3.63) is 94.6 Å². The number of amides is 1. The lowest BCUT2D eigenvalue weighted by Gasteiger charge is -2.26. The standard InChI is InChI=1S/C31H33NO6/c1-6-37-25-9-7-8-22(17-25)28-27(29(33)23-12-15-26(20(4)16-23)38-19(2)3)30(34)31(35)32(28)18-21-10-13-24(36-5)14-11-21/h7-17,19,28,33H,6,18H2,1-5H3/b29-27+. The Labute approximate surface area is 223 Å². The van der Waals surface area contributed by atoms with Crippen LogP contribution in [-0.4, -0.2) is 41.5 Å². The molecular weight excluding hydrogens is 482 g/mol. The summed E-state index contributed by atoms with van der Waals surface area (Å²) in [6.07, 6.45) is -0.00552. The summed E-state index contributed by atoms with van der Waals surface area (Å²) in [4.78, 5) is 28.3. The maximum atomic E-state index is 13.4. The minimum absolute atomic E-state index is 0.00552. The van der Waals surface area contributed by atoms with E-state index in [0.717, 1.165) is 11.1 Å². The van der Waals surface area contributed by atoms with E-state index < -0.39 is 17.7 Å². The molecule has 0 bridgehead atoms. The molecule has 0 spiro atoms. The average molecular weight is 516 g/mol. The van der Waals surface area contributed by atoms with Gasteiger partial charge in [0.1, 0.15) is 23.0 Å². The summed E-state index contributed by atoms with van der Waals surface area (Å²) in [5.74, 6) is 0.362. The van der Waals surface area contributed by atoms with Crippen molar-refractivity contribution in [3.63, 3.8) is 0 Å². The quantitative estimate of drug-likeness (QED) is 0.220. The topological polar surface area (TPSA) is 85.3 Å². The van der Waals surface area contributed by atoms with Crippen LogP contribution in [0.25, 0.3) is 5.76 Å². The zero-order valence-corrected chi connectivity index (χ0v) is 22.4. The number of carbonyl (C=O) groups excluding carboxylic acids is 2. The molecule has 38 heavy (non-hydrogen) atoms. The van der Waals surface area contributed by atoms with Gasteiger partial charge in [-0.3, -0.25) is 9.59 Å². The van der Waals surface area contributed by atoms with Crippen molar-refractivity contribution in [2.45, 2.75) is 46.4 Å². The Bertz CT molecular complexity index is 1360. The number of likely N-dealkylation sites (tertiary alicyclic amines) is 1. The fourth-order valence-electron chi connectivity index (χ4n) is 4.60. The lowest BCUT2D eigenvalue weighted by Crippen LogP contribution is -2.29. The van der Waals surface area contributed by atoms with Gasteiger partial charge >= 0.3 is 0 Å². The van der Waals surface area contributed by atoms with E-state index in [2.05, 4.69) is 0 Å². The maximum Gasteiger partial charge on any atom is 0.295 e. The first kappa shape index (κ1) is 26.8. The molecule has 3 aromatic rings. The van der Waals surface area contributed by atoms with Crippen molar-refractivity contribution in [2.75, 3.05) is 13.7 Å². The fraction of sp³-hybridized carbons (Fsp3) is 0.290. The summed E-state index contributed by atoms with van der Waals surface area (Å²) in [6.45, 7) is 8.29. The summed E-state index contributed by atoms with van der Waals surface area (Å²) >= 11 is 0. The summed E-state index contributed by atoms with van der Waals surface area (Å²) in [7, 11) is 1.59. The Morgan fingerprint density at radius 2 is 1.74 bits per heavy atom. The van der Waals surface area contributed by atoms with Gasteiger partial charge in [0.05, 0.1) is 31.4 Å². The third-order valence-corrected chi connectivity index (χ3v) is 6.35. The molecule has 1 unspecified atom stereocenters. The number of Topliss-reactive ketones (excluding diaryl/α,β-unsaturated/α-hetero) is 1. The number of rotatable bonds is 9. The SMILES string of the molecule is CCOc1cccc(C2/C(=C(\O)c3ccc(OC(C)C)c(C)c3)C(=O)C(=O)N2Cc2ccc(OC)cc2)c1. The van der Waals surface area contributed by atoms with E-state index in [9.17, 15) is 14.7 Å². The number of benzene rings is 3. The fourth-order valence-corrected chi connectivity index (χ4v) is 4.60. The van der Waals surface area contributed by atoms with E-state index >= 15 is 0 Å². The van der Waals surface area contributed by atoms with Crippen molar-refractivity contribution in [1.29, 1.82) is 0 Å². The molecule has 1 saturated heterocycles.